The predicted molar refractivity (Wildman–Crippen MR) is 54.8 cm³/mol. The normalized spacial score (nSPS) is 42.4. The molecule has 1 aliphatic carbocycles. The van der Waals surface area contributed by atoms with Crippen molar-refractivity contribution in [2.24, 2.45) is 17.3 Å². The van der Waals surface area contributed by atoms with Crippen LogP contribution in [0.15, 0.2) is 0 Å². The van der Waals surface area contributed by atoms with Crippen LogP contribution < -0.4 is 0 Å². The fraction of sp³-hybridized carbons (Fsp3) is 0.917. The van der Waals surface area contributed by atoms with E-state index in [1.165, 1.54) is 12.8 Å². The van der Waals surface area contributed by atoms with Crippen molar-refractivity contribution in [2.75, 3.05) is 0 Å². The molecule has 2 rings (SSSR count). The number of fused-ring (bicyclic) bond motifs is 1. The number of esters is 1. The molecule has 2 nitrogen and oxygen atoms in total. The van der Waals surface area contributed by atoms with E-state index in [4.69, 9.17) is 4.74 Å². The average Bonchev–Trinajstić information content (AvgIpc) is 2.43. The average molecular weight is 196 g/mol. The Bertz CT molecular complexity index is 247. The van der Waals surface area contributed by atoms with Gasteiger partial charge in [0.25, 0.3) is 0 Å². The maximum absolute atomic E-state index is 11.3. The van der Waals surface area contributed by atoms with Crippen molar-refractivity contribution in [1.82, 2.24) is 0 Å². The molecule has 1 unspecified atom stereocenters. The lowest BCUT2D eigenvalue weighted by molar-refractivity contribution is -0.167. The van der Waals surface area contributed by atoms with E-state index in [9.17, 15) is 4.79 Å². The minimum Gasteiger partial charge on any atom is -0.461 e. The summed E-state index contributed by atoms with van der Waals surface area (Å²) in [4.78, 5) is 11.3. The Morgan fingerprint density at radius 3 is 2.79 bits per heavy atom. The van der Waals surface area contributed by atoms with Crippen LogP contribution in [-0.4, -0.2) is 12.1 Å². The second-order valence-corrected chi connectivity index (χ2v) is 5.51. The lowest BCUT2D eigenvalue weighted by Crippen LogP contribution is -2.41. The van der Waals surface area contributed by atoms with Crippen LogP contribution in [0.4, 0.5) is 0 Å². The summed E-state index contributed by atoms with van der Waals surface area (Å²) >= 11 is 0. The molecule has 0 aromatic rings. The molecule has 0 radical (unpaired) electrons. The van der Waals surface area contributed by atoms with Gasteiger partial charge < -0.3 is 4.74 Å². The van der Waals surface area contributed by atoms with Crippen molar-refractivity contribution in [3.63, 3.8) is 0 Å². The summed E-state index contributed by atoms with van der Waals surface area (Å²) in [5.41, 5.74) is 0.281. The van der Waals surface area contributed by atoms with Gasteiger partial charge in [-0.2, -0.15) is 0 Å². The molecule has 0 N–H and O–H groups in total. The summed E-state index contributed by atoms with van der Waals surface area (Å²) in [5, 5.41) is 0. The number of carbonyl (C=O) groups is 1. The third-order valence-corrected chi connectivity index (χ3v) is 4.14. The third kappa shape index (κ3) is 1.45. The third-order valence-electron chi connectivity index (χ3n) is 4.14. The fourth-order valence-corrected chi connectivity index (χ4v) is 3.07. The van der Waals surface area contributed by atoms with Crippen molar-refractivity contribution in [1.29, 1.82) is 0 Å². The number of ether oxygens (including phenoxy) is 1. The van der Waals surface area contributed by atoms with E-state index < -0.39 is 0 Å². The van der Waals surface area contributed by atoms with Gasteiger partial charge in [-0.3, -0.25) is 4.79 Å². The Morgan fingerprint density at radius 1 is 1.43 bits per heavy atom. The highest BCUT2D eigenvalue weighted by Gasteiger charge is 2.50. The first kappa shape index (κ1) is 10.0. The van der Waals surface area contributed by atoms with Gasteiger partial charge in [-0.15, -0.1) is 0 Å². The van der Waals surface area contributed by atoms with Crippen molar-refractivity contribution < 1.29 is 9.53 Å². The molecular weight excluding hydrogens is 176 g/mol. The van der Waals surface area contributed by atoms with Crippen LogP contribution in [0, 0.1) is 17.3 Å². The van der Waals surface area contributed by atoms with Gasteiger partial charge in [-0.05, 0) is 31.1 Å². The fourth-order valence-electron chi connectivity index (χ4n) is 3.07. The molecule has 0 bridgehead atoms. The van der Waals surface area contributed by atoms with Crippen LogP contribution in [0.2, 0.25) is 0 Å². The Labute approximate surface area is 86.0 Å². The van der Waals surface area contributed by atoms with Crippen molar-refractivity contribution in [3.05, 3.63) is 0 Å². The van der Waals surface area contributed by atoms with Crippen molar-refractivity contribution >= 4 is 5.97 Å². The molecule has 1 saturated carbocycles. The largest absolute Gasteiger partial charge is 0.461 e. The Kier molecular flexibility index (Phi) is 2.32. The van der Waals surface area contributed by atoms with Gasteiger partial charge in [-0.25, -0.2) is 0 Å². The van der Waals surface area contributed by atoms with Crippen LogP contribution in [0.1, 0.15) is 46.5 Å². The molecule has 0 amide bonds. The predicted octanol–water partition coefficient (Wildman–Crippen LogP) is 2.76. The van der Waals surface area contributed by atoms with Crippen LogP contribution in [0.25, 0.3) is 0 Å². The molecule has 0 aromatic heterocycles. The lowest BCUT2D eigenvalue weighted by atomic mass is 9.77. The molecule has 1 aliphatic heterocycles. The summed E-state index contributed by atoms with van der Waals surface area (Å²) in [7, 11) is 0. The van der Waals surface area contributed by atoms with Gasteiger partial charge in [-0.1, -0.05) is 20.8 Å². The van der Waals surface area contributed by atoms with E-state index in [0.717, 1.165) is 6.42 Å². The van der Waals surface area contributed by atoms with Gasteiger partial charge >= 0.3 is 5.97 Å². The highest BCUT2D eigenvalue weighted by atomic mass is 16.5. The highest BCUT2D eigenvalue weighted by molar-refractivity contribution is 5.70. The maximum atomic E-state index is 11.3. The molecule has 80 valence electrons. The quantitative estimate of drug-likeness (QED) is 0.603. The summed E-state index contributed by atoms with van der Waals surface area (Å²) in [5.74, 6) is 1.23. The topological polar surface area (TPSA) is 26.3 Å². The van der Waals surface area contributed by atoms with Crippen molar-refractivity contribution in [2.45, 2.75) is 52.6 Å². The molecule has 0 spiro atoms. The molecular formula is C12H20O2. The van der Waals surface area contributed by atoms with E-state index in [1.807, 2.05) is 0 Å². The second kappa shape index (κ2) is 3.25. The van der Waals surface area contributed by atoms with E-state index in [1.54, 1.807) is 0 Å². The number of rotatable bonds is 1. The SMILES string of the molecule is CC(C)C1CC[C@]2(C)CCC(=O)O[C@H]12. The summed E-state index contributed by atoms with van der Waals surface area (Å²) in [6.45, 7) is 6.75. The zero-order valence-electron chi connectivity index (χ0n) is 9.38. The molecule has 2 heteroatoms. The standard InChI is InChI=1S/C12H20O2/c1-8(2)9-4-6-12(3)7-5-10(13)14-11(9)12/h8-9,11H,4-7H2,1-3H3/t9?,11-,12-/m1/s1. The monoisotopic (exact) mass is 196 g/mol. The maximum Gasteiger partial charge on any atom is 0.306 e. The van der Waals surface area contributed by atoms with Crippen LogP contribution in [0.3, 0.4) is 0 Å². The van der Waals surface area contributed by atoms with E-state index in [2.05, 4.69) is 20.8 Å². The first-order chi connectivity index (χ1) is 6.53. The van der Waals surface area contributed by atoms with E-state index in [0.29, 0.717) is 18.3 Å². The highest BCUT2D eigenvalue weighted by Crippen LogP contribution is 2.51. The van der Waals surface area contributed by atoms with E-state index >= 15 is 0 Å². The number of hydrogen-bond acceptors (Lipinski definition) is 2. The van der Waals surface area contributed by atoms with Crippen LogP contribution in [0.5, 0.6) is 0 Å². The molecule has 3 atom stereocenters. The second-order valence-electron chi connectivity index (χ2n) is 5.51. The van der Waals surface area contributed by atoms with Gasteiger partial charge in [0.2, 0.25) is 0 Å². The molecule has 2 fully saturated rings. The zero-order chi connectivity index (χ0) is 10.3. The van der Waals surface area contributed by atoms with Crippen LogP contribution >= 0.6 is 0 Å². The van der Waals surface area contributed by atoms with Gasteiger partial charge in [0.05, 0.1) is 0 Å². The first-order valence-electron chi connectivity index (χ1n) is 5.72. The Morgan fingerprint density at radius 2 is 2.14 bits per heavy atom. The molecule has 1 saturated heterocycles. The molecule has 1 heterocycles. The first-order valence-corrected chi connectivity index (χ1v) is 5.72. The van der Waals surface area contributed by atoms with Crippen molar-refractivity contribution in [3.8, 4) is 0 Å². The minimum atomic E-state index is 0.0139. The van der Waals surface area contributed by atoms with Gasteiger partial charge in [0.1, 0.15) is 6.10 Å². The minimum absolute atomic E-state index is 0.0139. The summed E-state index contributed by atoms with van der Waals surface area (Å²) < 4.78 is 5.55. The van der Waals surface area contributed by atoms with E-state index in [-0.39, 0.29) is 17.5 Å². The molecule has 14 heavy (non-hydrogen) atoms. The smallest absolute Gasteiger partial charge is 0.306 e. The summed E-state index contributed by atoms with van der Waals surface area (Å²) in [6.07, 6.45) is 4.31. The Balaban J connectivity index is 2.18. The number of carbonyl (C=O) groups excluding carboxylic acids is 1. The number of hydrogen-bond donors (Lipinski definition) is 0. The van der Waals surface area contributed by atoms with Gasteiger partial charge in [0.15, 0.2) is 0 Å². The molecule has 2 aliphatic rings. The van der Waals surface area contributed by atoms with Crippen LogP contribution in [-0.2, 0) is 9.53 Å². The zero-order valence-corrected chi connectivity index (χ0v) is 9.38. The van der Waals surface area contributed by atoms with Gasteiger partial charge in [0, 0.05) is 11.8 Å². The summed E-state index contributed by atoms with van der Waals surface area (Å²) in [6, 6.07) is 0. The molecule has 0 aromatic carbocycles. The Hall–Kier alpha value is -0.530. The lowest BCUT2D eigenvalue weighted by Gasteiger charge is -2.38.